The van der Waals surface area contributed by atoms with E-state index < -0.39 is 0 Å². The number of hydrogen-bond donors (Lipinski definition) is 1. The second-order valence-electron chi connectivity index (χ2n) is 4.89. The third-order valence-electron chi connectivity index (χ3n) is 3.40. The van der Waals surface area contributed by atoms with Crippen molar-refractivity contribution in [3.05, 3.63) is 33.8 Å². The van der Waals surface area contributed by atoms with Gasteiger partial charge < -0.3 is 5.32 Å². The van der Waals surface area contributed by atoms with Crippen molar-refractivity contribution in [1.29, 1.82) is 0 Å². The van der Waals surface area contributed by atoms with Crippen LogP contribution in [0, 0.1) is 0 Å². The molecule has 0 spiro atoms. The molecule has 0 aliphatic carbocycles. The molecule has 1 aromatic rings. The first-order valence-electron chi connectivity index (χ1n) is 6.59. The molecule has 0 saturated carbocycles. The minimum Gasteiger partial charge on any atom is -0.311 e. The molecule has 1 aliphatic heterocycles. The number of piperazine rings is 1. The van der Waals surface area contributed by atoms with Gasteiger partial charge in [0.1, 0.15) is 0 Å². The Morgan fingerprint density at radius 2 is 2.22 bits per heavy atom. The monoisotopic (exact) mass is 286 g/mol. The molecule has 1 N–H and O–H groups in total. The molecule has 1 heterocycles. The predicted molar refractivity (Wildman–Crippen MR) is 78.4 cm³/mol. The van der Waals surface area contributed by atoms with Crippen molar-refractivity contribution in [2.45, 2.75) is 32.4 Å². The summed E-state index contributed by atoms with van der Waals surface area (Å²) < 4.78 is 0. The van der Waals surface area contributed by atoms with E-state index >= 15 is 0 Å². The smallest absolute Gasteiger partial charge is 0.0637 e. The van der Waals surface area contributed by atoms with Gasteiger partial charge in [0.2, 0.25) is 0 Å². The zero-order chi connectivity index (χ0) is 13.0. The Kier molecular flexibility index (Phi) is 5.31. The standard InChI is InChI=1S/C14H20Cl2N2/c1-2-4-12-10-18(8-7-17-12)9-11-5-3-6-13(15)14(11)16/h3,5-6,12,17H,2,4,7-10H2,1H3. The second-order valence-corrected chi connectivity index (χ2v) is 5.67. The highest BCUT2D eigenvalue weighted by Gasteiger charge is 2.19. The summed E-state index contributed by atoms with van der Waals surface area (Å²) in [5, 5.41) is 4.91. The van der Waals surface area contributed by atoms with E-state index in [1.807, 2.05) is 12.1 Å². The molecule has 1 aliphatic rings. The lowest BCUT2D eigenvalue weighted by molar-refractivity contribution is 0.187. The average Bonchev–Trinajstić information content (AvgIpc) is 2.36. The molecule has 1 fully saturated rings. The van der Waals surface area contributed by atoms with Gasteiger partial charge in [0.15, 0.2) is 0 Å². The Bertz CT molecular complexity index is 393. The molecule has 0 aromatic heterocycles. The van der Waals surface area contributed by atoms with Gasteiger partial charge >= 0.3 is 0 Å². The van der Waals surface area contributed by atoms with Crippen LogP contribution in [0.5, 0.6) is 0 Å². The molecular formula is C14H20Cl2N2. The largest absolute Gasteiger partial charge is 0.311 e. The maximum atomic E-state index is 6.24. The van der Waals surface area contributed by atoms with Crippen molar-refractivity contribution in [2.24, 2.45) is 0 Å². The Balaban J connectivity index is 1.98. The topological polar surface area (TPSA) is 15.3 Å². The van der Waals surface area contributed by atoms with Gasteiger partial charge in [-0.15, -0.1) is 0 Å². The minimum atomic E-state index is 0.613. The first-order chi connectivity index (χ1) is 8.70. The van der Waals surface area contributed by atoms with E-state index in [-0.39, 0.29) is 0 Å². The van der Waals surface area contributed by atoms with Gasteiger partial charge in [-0.3, -0.25) is 4.90 Å². The highest BCUT2D eigenvalue weighted by Crippen LogP contribution is 2.26. The Hall–Kier alpha value is -0.280. The van der Waals surface area contributed by atoms with Crippen molar-refractivity contribution in [2.75, 3.05) is 19.6 Å². The van der Waals surface area contributed by atoms with Gasteiger partial charge in [-0.2, -0.15) is 0 Å². The van der Waals surface area contributed by atoms with Crippen LogP contribution in [0.1, 0.15) is 25.3 Å². The third-order valence-corrected chi connectivity index (χ3v) is 4.26. The zero-order valence-electron chi connectivity index (χ0n) is 10.8. The number of nitrogens with zero attached hydrogens (tertiary/aromatic N) is 1. The molecule has 2 nitrogen and oxygen atoms in total. The Morgan fingerprint density at radius 3 is 3.00 bits per heavy atom. The normalized spacial score (nSPS) is 21.2. The predicted octanol–water partition coefficient (Wildman–Crippen LogP) is 3.57. The number of halogens is 2. The van der Waals surface area contributed by atoms with Crippen LogP contribution in [0.25, 0.3) is 0 Å². The molecule has 18 heavy (non-hydrogen) atoms. The van der Waals surface area contributed by atoms with E-state index in [4.69, 9.17) is 23.2 Å². The first-order valence-corrected chi connectivity index (χ1v) is 7.35. The summed E-state index contributed by atoms with van der Waals surface area (Å²) in [7, 11) is 0. The number of nitrogens with one attached hydrogen (secondary N) is 1. The van der Waals surface area contributed by atoms with E-state index in [1.165, 1.54) is 12.8 Å². The number of benzene rings is 1. The molecule has 4 heteroatoms. The third kappa shape index (κ3) is 3.61. The maximum Gasteiger partial charge on any atom is 0.0637 e. The Morgan fingerprint density at radius 1 is 1.39 bits per heavy atom. The van der Waals surface area contributed by atoms with Crippen molar-refractivity contribution >= 4 is 23.2 Å². The Labute approximate surface area is 119 Å². The lowest BCUT2D eigenvalue weighted by Gasteiger charge is -2.33. The van der Waals surface area contributed by atoms with Crippen LogP contribution in [0.4, 0.5) is 0 Å². The second kappa shape index (κ2) is 6.76. The van der Waals surface area contributed by atoms with Gasteiger partial charge in [-0.25, -0.2) is 0 Å². The summed E-state index contributed by atoms with van der Waals surface area (Å²) in [6, 6.07) is 6.48. The molecule has 1 saturated heterocycles. The highest BCUT2D eigenvalue weighted by molar-refractivity contribution is 6.42. The average molecular weight is 287 g/mol. The van der Waals surface area contributed by atoms with Crippen LogP contribution < -0.4 is 5.32 Å². The zero-order valence-corrected chi connectivity index (χ0v) is 12.3. The molecule has 100 valence electrons. The molecular weight excluding hydrogens is 267 g/mol. The molecule has 1 atom stereocenters. The summed E-state index contributed by atoms with van der Waals surface area (Å²) in [5.41, 5.74) is 1.13. The molecule has 0 amide bonds. The van der Waals surface area contributed by atoms with Crippen molar-refractivity contribution < 1.29 is 0 Å². The fraction of sp³-hybridized carbons (Fsp3) is 0.571. The van der Waals surface area contributed by atoms with E-state index in [2.05, 4.69) is 23.2 Å². The summed E-state index contributed by atoms with van der Waals surface area (Å²) in [4.78, 5) is 2.45. The van der Waals surface area contributed by atoms with Crippen LogP contribution in [0.2, 0.25) is 10.0 Å². The summed E-state index contributed by atoms with van der Waals surface area (Å²) in [5.74, 6) is 0. The molecule has 0 bridgehead atoms. The van der Waals surface area contributed by atoms with E-state index in [9.17, 15) is 0 Å². The lowest BCUT2D eigenvalue weighted by atomic mass is 10.1. The van der Waals surface area contributed by atoms with Gasteiger partial charge in [0.05, 0.1) is 10.0 Å². The number of rotatable bonds is 4. The quantitative estimate of drug-likeness (QED) is 0.910. The first kappa shape index (κ1) is 14.1. The molecule has 0 radical (unpaired) electrons. The molecule has 1 aromatic carbocycles. The van der Waals surface area contributed by atoms with E-state index in [1.54, 1.807) is 0 Å². The van der Waals surface area contributed by atoms with Crippen LogP contribution in [0.3, 0.4) is 0 Å². The van der Waals surface area contributed by atoms with Crippen molar-refractivity contribution in [1.82, 2.24) is 10.2 Å². The number of hydrogen-bond acceptors (Lipinski definition) is 2. The fourth-order valence-corrected chi connectivity index (χ4v) is 2.87. The van der Waals surface area contributed by atoms with Crippen molar-refractivity contribution in [3.63, 3.8) is 0 Å². The fourth-order valence-electron chi connectivity index (χ4n) is 2.49. The van der Waals surface area contributed by atoms with Gasteiger partial charge in [0, 0.05) is 32.2 Å². The van der Waals surface area contributed by atoms with Gasteiger partial charge in [-0.1, -0.05) is 48.7 Å². The van der Waals surface area contributed by atoms with Crippen LogP contribution in [-0.4, -0.2) is 30.6 Å². The SMILES string of the molecule is CCCC1CN(Cc2cccc(Cl)c2Cl)CCN1. The van der Waals surface area contributed by atoms with Crippen LogP contribution in [-0.2, 0) is 6.54 Å². The van der Waals surface area contributed by atoms with Crippen LogP contribution in [0.15, 0.2) is 18.2 Å². The van der Waals surface area contributed by atoms with E-state index in [0.29, 0.717) is 16.1 Å². The summed E-state index contributed by atoms with van der Waals surface area (Å²) >= 11 is 12.3. The maximum absolute atomic E-state index is 6.24. The highest BCUT2D eigenvalue weighted by atomic mass is 35.5. The van der Waals surface area contributed by atoms with E-state index in [0.717, 1.165) is 31.7 Å². The molecule has 1 unspecified atom stereocenters. The van der Waals surface area contributed by atoms with Gasteiger partial charge in [-0.05, 0) is 18.1 Å². The van der Waals surface area contributed by atoms with Gasteiger partial charge in [0.25, 0.3) is 0 Å². The summed E-state index contributed by atoms with van der Waals surface area (Å²) in [6.07, 6.45) is 2.46. The lowest BCUT2D eigenvalue weighted by Crippen LogP contribution is -2.50. The van der Waals surface area contributed by atoms with Crippen LogP contribution >= 0.6 is 23.2 Å². The van der Waals surface area contributed by atoms with Crippen molar-refractivity contribution in [3.8, 4) is 0 Å². The molecule has 2 rings (SSSR count). The summed E-state index contributed by atoms with van der Waals surface area (Å²) in [6.45, 7) is 6.35. The minimum absolute atomic E-state index is 0.613.